The molecule has 3 heteroatoms. The fraction of sp³-hybridized carbons (Fsp3) is 1.00. The average molecular weight is 302 g/mol. The van der Waals surface area contributed by atoms with E-state index in [4.69, 9.17) is 0 Å². The molecule has 1 aliphatic carbocycles. The van der Waals surface area contributed by atoms with Crippen LogP contribution in [-0.2, 0) is 10.8 Å². The zero-order valence-corrected chi connectivity index (χ0v) is 15.3. The van der Waals surface area contributed by atoms with E-state index in [0.717, 1.165) is 6.42 Å². The Morgan fingerprint density at radius 2 is 1.85 bits per heavy atom. The maximum absolute atomic E-state index is 12.9. The summed E-state index contributed by atoms with van der Waals surface area (Å²) in [5.41, 5.74) is 0.377. The Balaban J connectivity index is 2.86. The molecule has 2 nitrogen and oxygen atoms in total. The first-order valence-electron chi connectivity index (χ1n) is 8.31. The summed E-state index contributed by atoms with van der Waals surface area (Å²) in [6, 6.07) is 0.431. The molecule has 1 saturated carbocycles. The lowest BCUT2D eigenvalue weighted by atomic mass is 9.68. The maximum Gasteiger partial charge on any atom is 0.0506 e. The van der Waals surface area contributed by atoms with E-state index in [1.165, 1.54) is 19.3 Å². The molecule has 0 aromatic carbocycles. The largest absolute Gasteiger partial charge is 0.316 e. The molecule has 0 aliphatic heterocycles. The van der Waals surface area contributed by atoms with Gasteiger partial charge in [0.2, 0.25) is 0 Å². The fourth-order valence-corrected chi connectivity index (χ4v) is 5.36. The second-order valence-corrected chi connectivity index (χ2v) is 9.57. The van der Waals surface area contributed by atoms with E-state index < -0.39 is 10.8 Å². The van der Waals surface area contributed by atoms with Crippen LogP contribution in [0.1, 0.15) is 67.2 Å². The molecule has 0 saturated heterocycles. The molecule has 120 valence electrons. The summed E-state index contributed by atoms with van der Waals surface area (Å²) in [7, 11) is 1.30. The normalized spacial score (nSPS) is 31.3. The van der Waals surface area contributed by atoms with Crippen LogP contribution in [0.25, 0.3) is 0 Å². The second-order valence-electron chi connectivity index (χ2n) is 7.56. The van der Waals surface area contributed by atoms with Crippen LogP contribution in [0, 0.1) is 17.3 Å². The number of hydrogen-bond acceptors (Lipinski definition) is 2. The van der Waals surface area contributed by atoms with Crippen molar-refractivity contribution in [1.82, 2.24) is 5.32 Å². The van der Waals surface area contributed by atoms with Gasteiger partial charge in [-0.15, -0.1) is 0 Å². The van der Waals surface area contributed by atoms with E-state index >= 15 is 0 Å². The third-order valence-corrected chi connectivity index (χ3v) is 8.18. The Morgan fingerprint density at radius 3 is 2.30 bits per heavy atom. The highest BCUT2D eigenvalue weighted by Crippen LogP contribution is 2.42. The van der Waals surface area contributed by atoms with Gasteiger partial charge in [-0.1, -0.05) is 48.0 Å². The van der Waals surface area contributed by atoms with Crippen molar-refractivity contribution in [3.05, 3.63) is 0 Å². The molecular weight excluding hydrogens is 266 g/mol. The van der Waals surface area contributed by atoms with Crippen molar-refractivity contribution in [3.8, 4) is 0 Å². The Bertz CT molecular complexity index is 327. The first-order chi connectivity index (χ1) is 9.24. The zero-order valence-electron chi connectivity index (χ0n) is 14.5. The quantitative estimate of drug-likeness (QED) is 0.804. The van der Waals surface area contributed by atoms with E-state index in [2.05, 4.69) is 46.9 Å². The minimum atomic E-state index is -0.731. The minimum absolute atomic E-state index is 0.291. The molecule has 5 unspecified atom stereocenters. The number of hydrogen-bond donors (Lipinski definition) is 1. The lowest BCUT2D eigenvalue weighted by Crippen LogP contribution is -2.49. The van der Waals surface area contributed by atoms with E-state index in [9.17, 15) is 4.21 Å². The average Bonchev–Trinajstić information content (AvgIpc) is 2.44. The molecule has 0 spiro atoms. The monoisotopic (exact) mass is 301 g/mol. The van der Waals surface area contributed by atoms with Gasteiger partial charge in [-0.25, -0.2) is 0 Å². The molecule has 5 atom stereocenters. The van der Waals surface area contributed by atoms with Crippen molar-refractivity contribution in [2.75, 3.05) is 7.05 Å². The lowest BCUT2D eigenvalue weighted by molar-refractivity contribution is 0.141. The van der Waals surface area contributed by atoms with E-state index in [0.29, 0.717) is 33.8 Å². The van der Waals surface area contributed by atoms with E-state index in [1.807, 2.05) is 7.05 Å². The SMILES string of the molecule is CCC(C)(C)C1CCC(NC)C(S(=O)C(C)C(C)C)C1. The molecule has 0 aromatic rings. The van der Waals surface area contributed by atoms with Crippen molar-refractivity contribution < 1.29 is 4.21 Å². The zero-order chi connectivity index (χ0) is 15.5. The van der Waals surface area contributed by atoms with Crippen LogP contribution in [-0.4, -0.2) is 27.8 Å². The van der Waals surface area contributed by atoms with Gasteiger partial charge in [0, 0.05) is 22.1 Å². The van der Waals surface area contributed by atoms with Crippen LogP contribution in [0.5, 0.6) is 0 Å². The number of rotatable bonds is 6. The first-order valence-corrected chi connectivity index (χ1v) is 9.58. The molecule has 0 heterocycles. The maximum atomic E-state index is 12.9. The van der Waals surface area contributed by atoms with Crippen LogP contribution in [0.2, 0.25) is 0 Å². The van der Waals surface area contributed by atoms with Crippen LogP contribution in [0.4, 0.5) is 0 Å². The summed E-state index contributed by atoms with van der Waals surface area (Å²) in [5.74, 6) is 1.21. The van der Waals surface area contributed by atoms with Gasteiger partial charge in [-0.3, -0.25) is 4.21 Å². The number of nitrogens with one attached hydrogen (secondary N) is 1. The Labute approximate surface area is 128 Å². The fourth-order valence-electron chi connectivity index (χ4n) is 3.26. The van der Waals surface area contributed by atoms with Crippen LogP contribution in [0.15, 0.2) is 0 Å². The van der Waals surface area contributed by atoms with Gasteiger partial charge < -0.3 is 5.32 Å². The van der Waals surface area contributed by atoms with Gasteiger partial charge in [0.1, 0.15) is 0 Å². The van der Waals surface area contributed by atoms with Crippen molar-refractivity contribution in [2.24, 2.45) is 17.3 Å². The summed E-state index contributed by atoms with van der Waals surface area (Å²) in [6.45, 7) is 13.6. The topological polar surface area (TPSA) is 29.1 Å². The van der Waals surface area contributed by atoms with Crippen molar-refractivity contribution in [3.63, 3.8) is 0 Å². The summed E-state index contributed by atoms with van der Waals surface area (Å²) in [6.07, 6.45) is 4.78. The second kappa shape index (κ2) is 7.40. The van der Waals surface area contributed by atoms with Gasteiger partial charge >= 0.3 is 0 Å². The highest BCUT2D eigenvalue weighted by atomic mass is 32.2. The third-order valence-electron chi connectivity index (χ3n) is 5.78. The highest BCUT2D eigenvalue weighted by Gasteiger charge is 2.40. The van der Waals surface area contributed by atoms with Gasteiger partial charge in [0.05, 0.1) is 5.25 Å². The summed E-state index contributed by atoms with van der Waals surface area (Å²) in [4.78, 5) is 0. The lowest BCUT2D eigenvalue weighted by Gasteiger charge is -2.43. The molecule has 0 amide bonds. The molecule has 1 N–H and O–H groups in total. The van der Waals surface area contributed by atoms with E-state index in [-0.39, 0.29) is 0 Å². The molecule has 0 bridgehead atoms. The van der Waals surface area contributed by atoms with Gasteiger partial charge in [-0.05, 0) is 43.6 Å². The Kier molecular flexibility index (Phi) is 6.72. The predicted octanol–water partition coefficient (Wildman–Crippen LogP) is 3.97. The molecule has 1 rings (SSSR count). The molecule has 1 fully saturated rings. The van der Waals surface area contributed by atoms with Crippen LogP contribution in [0.3, 0.4) is 0 Å². The van der Waals surface area contributed by atoms with Crippen molar-refractivity contribution in [2.45, 2.75) is 83.8 Å². The van der Waals surface area contributed by atoms with Gasteiger partial charge in [0.15, 0.2) is 0 Å². The third kappa shape index (κ3) is 4.07. The van der Waals surface area contributed by atoms with Gasteiger partial charge in [0.25, 0.3) is 0 Å². The predicted molar refractivity (Wildman–Crippen MR) is 90.5 cm³/mol. The van der Waals surface area contributed by atoms with Crippen molar-refractivity contribution in [1.29, 1.82) is 0 Å². The smallest absolute Gasteiger partial charge is 0.0506 e. The molecule has 20 heavy (non-hydrogen) atoms. The standard InChI is InChI=1S/C17H35NOS/c1-8-17(5,6)14-9-10-15(18-7)16(11-14)20(19)13(4)12(2)3/h12-16,18H,8-11H2,1-7H3. The Morgan fingerprint density at radius 1 is 1.25 bits per heavy atom. The van der Waals surface area contributed by atoms with E-state index in [1.54, 1.807) is 0 Å². The summed E-state index contributed by atoms with van der Waals surface area (Å²) in [5, 5.41) is 4.04. The molecule has 0 radical (unpaired) electrons. The summed E-state index contributed by atoms with van der Waals surface area (Å²) >= 11 is 0. The Hall–Kier alpha value is 0.110. The van der Waals surface area contributed by atoms with Gasteiger partial charge in [-0.2, -0.15) is 0 Å². The van der Waals surface area contributed by atoms with Crippen molar-refractivity contribution >= 4 is 10.8 Å². The molecular formula is C17H35NOS. The van der Waals surface area contributed by atoms with Crippen LogP contribution < -0.4 is 5.32 Å². The molecule has 0 aromatic heterocycles. The van der Waals surface area contributed by atoms with Crippen LogP contribution >= 0.6 is 0 Å². The highest BCUT2D eigenvalue weighted by molar-refractivity contribution is 7.86. The minimum Gasteiger partial charge on any atom is -0.316 e. The molecule has 1 aliphatic rings. The first kappa shape index (κ1) is 18.2. The summed E-state index contributed by atoms with van der Waals surface area (Å²) < 4.78 is 12.9.